The van der Waals surface area contributed by atoms with E-state index in [1.807, 2.05) is 0 Å². The number of carbonyl (C=O) groups excluding carboxylic acids is 2. The van der Waals surface area contributed by atoms with Crippen LogP contribution in [0, 0.1) is 5.82 Å². The van der Waals surface area contributed by atoms with Crippen molar-refractivity contribution < 1.29 is 33.0 Å². The molecule has 3 atom stereocenters. The number of amidine groups is 1. The van der Waals surface area contributed by atoms with Crippen LogP contribution < -0.4 is 0 Å². The summed E-state index contributed by atoms with van der Waals surface area (Å²) in [6, 6.07) is 2.43. The highest BCUT2D eigenvalue weighted by Crippen LogP contribution is 2.43. The lowest BCUT2D eigenvalue weighted by atomic mass is 9.89. The van der Waals surface area contributed by atoms with Gasteiger partial charge >= 0.3 is 12.2 Å². The summed E-state index contributed by atoms with van der Waals surface area (Å²) >= 11 is 3.78. The van der Waals surface area contributed by atoms with Gasteiger partial charge in [0.15, 0.2) is 5.17 Å². The van der Waals surface area contributed by atoms with Gasteiger partial charge < -0.3 is 14.6 Å². The minimum absolute atomic E-state index is 0.235. The van der Waals surface area contributed by atoms with Crippen molar-refractivity contribution in [2.24, 2.45) is 4.99 Å². The number of ether oxygens (including phenoxy) is 2. The first kappa shape index (κ1) is 27.5. The van der Waals surface area contributed by atoms with E-state index in [9.17, 15) is 19.1 Å². The maximum atomic E-state index is 15.5. The molecule has 184 valence electrons. The van der Waals surface area contributed by atoms with Crippen LogP contribution in [0.2, 0.25) is 0 Å². The van der Waals surface area contributed by atoms with E-state index in [0.29, 0.717) is 16.7 Å². The third kappa shape index (κ3) is 6.63. The molecule has 1 N–H and O–H groups in total. The van der Waals surface area contributed by atoms with Gasteiger partial charge in [0, 0.05) is 0 Å². The first-order valence-electron chi connectivity index (χ1n) is 10.1. The number of aliphatic imine (C=N–C) groups is 1. The van der Waals surface area contributed by atoms with Gasteiger partial charge in [-0.25, -0.2) is 28.3 Å². The summed E-state index contributed by atoms with van der Waals surface area (Å²) in [6.45, 7) is 10.2. The Bertz CT molecular complexity index is 923. The number of aliphatic hydroxyl groups excluding tert-OH is 1. The van der Waals surface area contributed by atoms with Gasteiger partial charge in [0.1, 0.15) is 39.0 Å². The summed E-state index contributed by atoms with van der Waals surface area (Å²) < 4.78 is 41.1. The van der Waals surface area contributed by atoms with E-state index in [4.69, 9.17) is 9.47 Å². The van der Waals surface area contributed by atoms with Crippen LogP contribution in [-0.2, 0) is 15.0 Å². The normalized spacial score (nSPS) is 23.5. The van der Waals surface area contributed by atoms with E-state index < -0.39 is 52.8 Å². The molecule has 0 saturated carbocycles. The molecule has 0 saturated heterocycles. The number of pyridine rings is 1. The fourth-order valence-corrected chi connectivity index (χ4v) is 4.42. The number of hydrogen-bond donors (Lipinski definition) is 1. The molecular weight excluding hydrogens is 524 g/mol. The molecule has 33 heavy (non-hydrogen) atoms. The van der Waals surface area contributed by atoms with Crippen LogP contribution in [0.25, 0.3) is 0 Å². The highest BCUT2D eigenvalue weighted by Gasteiger charge is 2.51. The fraction of sp³-hybridized carbons (Fsp3) is 0.619. The number of hydrogen-bond acceptors (Lipinski definition) is 8. The molecule has 0 aliphatic carbocycles. The number of carbonyl (C=O) groups is 2. The van der Waals surface area contributed by atoms with Crippen LogP contribution in [0.4, 0.5) is 18.4 Å². The Kier molecular flexibility index (Phi) is 8.18. The maximum Gasteiger partial charge on any atom is 0.426 e. The number of imide groups is 1. The Morgan fingerprint density at radius 3 is 2.15 bits per heavy atom. The van der Waals surface area contributed by atoms with Crippen molar-refractivity contribution in [2.75, 3.05) is 6.61 Å². The molecule has 0 radical (unpaired) electrons. The fourth-order valence-electron chi connectivity index (χ4n) is 2.88. The van der Waals surface area contributed by atoms with Gasteiger partial charge in [0.2, 0.25) is 0 Å². The molecule has 8 nitrogen and oxygen atoms in total. The summed E-state index contributed by atoms with van der Waals surface area (Å²) in [6.07, 6.45) is -4.12. The second-order valence-corrected chi connectivity index (χ2v) is 11.6. The molecule has 0 unspecified atom stereocenters. The molecule has 0 bridgehead atoms. The predicted octanol–water partition coefficient (Wildman–Crippen LogP) is 5.17. The maximum absolute atomic E-state index is 15.5. The zero-order valence-corrected chi connectivity index (χ0v) is 21.9. The molecular formula is C21H28BrF2N3O5S. The third-order valence-electron chi connectivity index (χ3n) is 4.26. The molecule has 0 spiro atoms. The van der Waals surface area contributed by atoms with Crippen molar-refractivity contribution >= 4 is 45.0 Å². The number of aromatic nitrogens is 1. The van der Waals surface area contributed by atoms with E-state index >= 15 is 4.39 Å². The minimum atomic E-state index is -1.97. The highest BCUT2D eigenvalue weighted by molar-refractivity contribution is 9.10. The largest absolute Gasteiger partial charge is 0.443 e. The van der Waals surface area contributed by atoms with Gasteiger partial charge in [-0.2, -0.15) is 4.90 Å². The Morgan fingerprint density at radius 2 is 1.70 bits per heavy atom. The van der Waals surface area contributed by atoms with Gasteiger partial charge in [0.05, 0.1) is 11.9 Å². The van der Waals surface area contributed by atoms with Gasteiger partial charge in [-0.3, -0.25) is 0 Å². The minimum Gasteiger partial charge on any atom is -0.443 e. The second-order valence-electron chi connectivity index (χ2n) is 9.54. The summed E-state index contributed by atoms with van der Waals surface area (Å²) in [4.78, 5) is 34.8. The summed E-state index contributed by atoms with van der Waals surface area (Å²) in [7, 11) is 0. The number of nitrogens with zero attached hydrogens (tertiary/aromatic N) is 3. The standard InChI is InChI=1S/C21H28BrF2N3O5S/c1-19(2,3)31-17(29)27(18(30)32-20(4,5)6)16-26-21(7,14(24)12(10-28)33-16)15-11(23)8-9-13(22)25-15/h8-9,12,14,28H,10H2,1-7H3/t12-,14+,21+/m1/s1. The zero-order chi connectivity index (χ0) is 25.4. The van der Waals surface area contributed by atoms with E-state index in [2.05, 4.69) is 25.9 Å². The number of amides is 2. The summed E-state index contributed by atoms with van der Waals surface area (Å²) in [5.41, 5.74) is -4.27. The summed E-state index contributed by atoms with van der Waals surface area (Å²) in [5.74, 6) is -0.837. The topological polar surface area (TPSA) is 101 Å². The van der Waals surface area contributed by atoms with Crippen molar-refractivity contribution in [3.63, 3.8) is 0 Å². The predicted molar refractivity (Wildman–Crippen MR) is 124 cm³/mol. The molecule has 1 aliphatic heterocycles. The average molecular weight is 552 g/mol. The van der Waals surface area contributed by atoms with Crippen LogP contribution in [0.15, 0.2) is 21.7 Å². The first-order valence-corrected chi connectivity index (χ1v) is 11.8. The summed E-state index contributed by atoms with van der Waals surface area (Å²) in [5, 5.41) is 8.33. The Balaban J connectivity index is 2.68. The van der Waals surface area contributed by atoms with E-state index in [1.54, 1.807) is 41.5 Å². The third-order valence-corrected chi connectivity index (χ3v) is 5.88. The van der Waals surface area contributed by atoms with E-state index in [0.717, 1.165) is 6.07 Å². The van der Waals surface area contributed by atoms with Gasteiger partial charge in [-0.15, -0.1) is 0 Å². The number of rotatable bonds is 2. The Morgan fingerprint density at radius 1 is 1.18 bits per heavy atom. The Hall–Kier alpha value is -1.79. The number of aliphatic hydroxyl groups is 1. The Labute approximate surface area is 204 Å². The number of alkyl halides is 1. The number of thioether (sulfide) groups is 1. The average Bonchev–Trinajstić information content (AvgIpc) is 2.63. The molecule has 1 aliphatic rings. The monoisotopic (exact) mass is 551 g/mol. The SMILES string of the molecule is CC(C)(C)OC(=O)N(C(=O)OC(C)(C)C)C1=N[C@](C)(c2nc(Br)ccc2F)[C@@H](F)[C@@H](CO)S1. The lowest BCUT2D eigenvalue weighted by Crippen LogP contribution is -2.52. The van der Waals surface area contributed by atoms with Crippen LogP contribution in [0.3, 0.4) is 0 Å². The van der Waals surface area contributed by atoms with Crippen LogP contribution in [0.5, 0.6) is 0 Å². The van der Waals surface area contributed by atoms with Crippen LogP contribution in [0.1, 0.15) is 54.2 Å². The molecule has 12 heteroatoms. The van der Waals surface area contributed by atoms with Gasteiger partial charge in [0.25, 0.3) is 0 Å². The molecule has 1 aromatic heterocycles. The highest BCUT2D eigenvalue weighted by atomic mass is 79.9. The van der Waals surface area contributed by atoms with Crippen molar-refractivity contribution in [1.82, 2.24) is 9.88 Å². The molecule has 0 aromatic carbocycles. The van der Waals surface area contributed by atoms with Gasteiger partial charge in [-0.05, 0) is 76.5 Å². The van der Waals surface area contributed by atoms with Crippen LogP contribution >= 0.6 is 27.7 Å². The van der Waals surface area contributed by atoms with Gasteiger partial charge in [-0.1, -0.05) is 11.8 Å². The van der Waals surface area contributed by atoms with Crippen molar-refractivity contribution in [3.05, 3.63) is 28.2 Å². The van der Waals surface area contributed by atoms with Crippen molar-refractivity contribution in [3.8, 4) is 0 Å². The van der Waals surface area contributed by atoms with E-state index in [-0.39, 0.29) is 15.5 Å². The second kappa shape index (κ2) is 9.83. The smallest absolute Gasteiger partial charge is 0.426 e. The molecule has 1 aromatic rings. The van der Waals surface area contributed by atoms with Crippen LogP contribution in [-0.4, -0.2) is 61.6 Å². The number of halogens is 3. The lowest BCUT2D eigenvalue weighted by Gasteiger charge is -2.39. The quantitative estimate of drug-likeness (QED) is 0.505. The molecule has 0 fully saturated rings. The molecule has 2 heterocycles. The van der Waals surface area contributed by atoms with Crippen molar-refractivity contribution in [2.45, 2.75) is 76.6 Å². The lowest BCUT2D eigenvalue weighted by molar-refractivity contribution is 0.0148. The molecule has 2 amide bonds. The molecule has 2 rings (SSSR count). The zero-order valence-electron chi connectivity index (χ0n) is 19.5. The van der Waals surface area contributed by atoms with E-state index in [1.165, 1.54) is 13.0 Å². The first-order chi connectivity index (χ1) is 15.0. The van der Waals surface area contributed by atoms with Crippen molar-refractivity contribution in [1.29, 1.82) is 0 Å².